The van der Waals surface area contributed by atoms with Crippen molar-refractivity contribution in [2.45, 2.75) is 6.92 Å². The van der Waals surface area contributed by atoms with Crippen LogP contribution in [0.4, 0.5) is 5.69 Å². The lowest BCUT2D eigenvalue weighted by Crippen LogP contribution is -2.54. The number of thiocarbonyl (C=S) groups is 1. The van der Waals surface area contributed by atoms with Gasteiger partial charge in [0.1, 0.15) is 17.1 Å². The monoisotopic (exact) mass is 416 g/mol. The van der Waals surface area contributed by atoms with Crippen molar-refractivity contribution in [3.05, 3.63) is 58.1 Å². The van der Waals surface area contributed by atoms with Crippen molar-refractivity contribution in [1.29, 1.82) is 0 Å². The second-order valence-corrected chi connectivity index (χ2v) is 6.79. The zero-order valence-electron chi connectivity index (χ0n) is 15.4. The predicted molar refractivity (Wildman–Crippen MR) is 112 cm³/mol. The number of anilines is 1. The Kier molecular flexibility index (Phi) is 5.67. The molecule has 2 aromatic carbocycles. The Morgan fingerprint density at radius 2 is 1.86 bits per heavy atom. The van der Waals surface area contributed by atoms with Gasteiger partial charge >= 0.3 is 0 Å². The maximum Gasteiger partial charge on any atom is 0.270 e. The van der Waals surface area contributed by atoms with Crippen LogP contribution in [0.15, 0.2) is 42.0 Å². The summed E-state index contributed by atoms with van der Waals surface area (Å²) < 4.78 is 10.5. The fourth-order valence-electron chi connectivity index (χ4n) is 2.72. The summed E-state index contributed by atoms with van der Waals surface area (Å²) >= 11 is 11.4. The van der Waals surface area contributed by atoms with Gasteiger partial charge in [-0.3, -0.25) is 19.8 Å². The molecule has 3 rings (SSSR count). The quantitative estimate of drug-likeness (QED) is 0.469. The van der Waals surface area contributed by atoms with Crippen molar-refractivity contribution in [3.8, 4) is 11.5 Å². The average Bonchev–Trinajstić information content (AvgIpc) is 2.67. The van der Waals surface area contributed by atoms with Crippen LogP contribution in [0.5, 0.6) is 11.5 Å². The number of carbonyl (C=O) groups is 2. The highest BCUT2D eigenvalue weighted by atomic mass is 35.5. The molecule has 0 aromatic heterocycles. The van der Waals surface area contributed by atoms with Crippen LogP contribution in [-0.2, 0) is 9.59 Å². The topological polar surface area (TPSA) is 67.9 Å². The van der Waals surface area contributed by atoms with Gasteiger partial charge in [-0.2, -0.15) is 0 Å². The molecule has 1 aliphatic heterocycles. The van der Waals surface area contributed by atoms with Crippen molar-refractivity contribution >= 4 is 52.5 Å². The van der Waals surface area contributed by atoms with Gasteiger partial charge in [-0.1, -0.05) is 17.7 Å². The summed E-state index contributed by atoms with van der Waals surface area (Å²) in [5.74, 6) is -0.0890. The minimum Gasteiger partial charge on any atom is -0.497 e. The number of halogens is 1. The van der Waals surface area contributed by atoms with Gasteiger partial charge in [-0.05, 0) is 61.1 Å². The Balaban J connectivity index is 2.07. The summed E-state index contributed by atoms with van der Waals surface area (Å²) in [6, 6.07) is 10.2. The Labute approximate surface area is 172 Å². The number of carbonyl (C=O) groups excluding carboxylic acids is 2. The summed E-state index contributed by atoms with van der Waals surface area (Å²) in [5, 5.41) is 3.02. The number of benzene rings is 2. The molecule has 1 heterocycles. The van der Waals surface area contributed by atoms with E-state index in [1.165, 1.54) is 25.2 Å². The van der Waals surface area contributed by atoms with Crippen molar-refractivity contribution in [1.82, 2.24) is 5.32 Å². The van der Waals surface area contributed by atoms with E-state index in [-0.39, 0.29) is 10.7 Å². The average molecular weight is 417 g/mol. The first-order valence-corrected chi connectivity index (χ1v) is 9.04. The molecule has 2 aromatic rings. The van der Waals surface area contributed by atoms with E-state index in [0.29, 0.717) is 27.8 Å². The smallest absolute Gasteiger partial charge is 0.270 e. The van der Waals surface area contributed by atoms with Gasteiger partial charge in [0.2, 0.25) is 0 Å². The van der Waals surface area contributed by atoms with E-state index < -0.39 is 11.8 Å². The second-order valence-electron chi connectivity index (χ2n) is 6.00. The molecule has 1 aliphatic rings. The van der Waals surface area contributed by atoms with Crippen LogP contribution in [0.3, 0.4) is 0 Å². The molecule has 1 fully saturated rings. The van der Waals surface area contributed by atoms with E-state index in [4.69, 9.17) is 33.3 Å². The number of ether oxygens (including phenoxy) is 2. The highest BCUT2D eigenvalue weighted by molar-refractivity contribution is 7.80. The third-order valence-corrected chi connectivity index (χ3v) is 4.94. The Morgan fingerprint density at radius 3 is 2.50 bits per heavy atom. The van der Waals surface area contributed by atoms with Crippen LogP contribution < -0.4 is 19.7 Å². The van der Waals surface area contributed by atoms with E-state index in [2.05, 4.69) is 5.32 Å². The van der Waals surface area contributed by atoms with Crippen LogP contribution in [0.2, 0.25) is 5.02 Å². The predicted octanol–water partition coefficient (Wildman–Crippen LogP) is 3.50. The number of methoxy groups -OCH3 is 2. The zero-order valence-corrected chi connectivity index (χ0v) is 17.0. The number of rotatable bonds is 4. The van der Waals surface area contributed by atoms with Gasteiger partial charge in [-0.25, -0.2) is 0 Å². The van der Waals surface area contributed by atoms with E-state index >= 15 is 0 Å². The van der Waals surface area contributed by atoms with Crippen LogP contribution >= 0.6 is 23.8 Å². The molecule has 0 atom stereocenters. The molecule has 8 heteroatoms. The molecule has 28 heavy (non-hydrogen) atoms. The van der Waals surface area contributed by atoms with Crippen LogP contribution in [0, 0.1) is 6.92 Å². The minimum absolute atomic E-state index is 0.00956. The fraction of sp³-hybridized carbons (Fsp3) is 0.150. The van der Waals surface area contributed by atoms with Gasteiger partial charge in [0.05, 0.1) is 19.9 Å². The van der Waals surface area contributed by atoms with Crippen LogP contribution in [-0.4, -0.2) is 31.1 Å². The summed E-state index contributed by atoms with van der Waals surface area (Å²) in [7, 11) is 3.03. The minimum atomic E-state index is -0.589. The van der Waals surface area contributed by atoms with Gasteiger partial charge in [-0.15, -0.1) is 0 Å². The first kappa shape index (κ1) is 19.9. The summed E-state index contributed by atoms with van der Waals surface area (Å²) in [4.78, 5) is 26.8. The molecule has 1 N–H and O–H groups in total. The molecule has 2 amide bonds. The lowest BCUT2D eigenvalue weighted by molar-refractivity contribution is -0.122. The number of nitrogens with one attached hydrogen (secondary N) is 1. The molecule has 0 radical (unpaired) electrons. The van der Waals surface area contributed by atoms with Crippen molar-refractivity contribution in [2.75, 3.05) is 19.1 Å². The molecule has 0 saturated carbocycles. The van der Waals surface area contributed by atoms with E-state index in [0.717, 1.165) is 5.56 Å². The number of hydrogen-bond acceptors (Lipinski definition) is 5. The van der Waals surface area contributed by atoms with Gasteiger partial charge in [0, 0.05) is 10.6 Å². The summed E-state index contributed by atoms with van der Waals surface area (Å²) in [6.07, 6.45) is 1.45. The highest BCUT2D eigenvalue weighted by Crippen LogP contribution is 2.29. The fourth-order valence-corrected chi connectivity index (χ4v) is 3.18. The third-order valence-electron chi connectivity index (χ3n) is 4.25. The third kappa shape index (κ3) is 3.72. The Hall–Kier alpha value is -2.90. The molecule has 0 bridgehead atoms. The Morgan fingerprint density at radius 1 is 1.11 bits per heavy atom. The van der Waals surface area contributed by atoms with E-state index in [1.807, 2.05) is 6.92 Å². The number of amides is 2. The van der Waals surface area contributed by atoms with Crippen molar-refractivity contribution < 1.29 is 19.1 Å². The van der Waals surface area contributed by atoms with Crippen molar-refractivity contribution in [3.63, 3.8) is 0 Å². The van der Waals surface area contributed by atoms with Crippen LogP contribution in [0.25, 0.3) is 6.08 Å². The maximum absolute atomic E-state index is 13.1. The van der Waals surface area contributed by atoms with Gasteiger partial charge < -0.3 is 9.47 Å². The molecule has 0 aliphatic carbocycles. The van der Waals surface area contributed by atoms with Gasteiger partial charge in [0.25, 0.3) is 11.8 Å². The molecule has 144 valence electrons. The largest absolute Gasteiger partial charge is 0.497 e. The molecule has 0 spiro atoms. The Bertz CT molecular complexity index is 1020. The standard InChI is InChI=1S/C20H17ClN2O4S/c1-11-4-5-13(10-16(11)21)23-19(25)15(18(24)22-20(23)28)9-12-8-14(26-2)6-7-17(12)27-3/h4-10H,1-3H3,(H,22,24,28)/b15-9+. The summed E-state index contributed by atoms with van der Waals surface area (Å²) in [6.45, 7) is 1.85. The number of nitrogens with zero attached hydrogens (tertiary/aromatic N) is 1. The SMILES string of the molecule is COc1ccc(OC)c(/C=C2\C(=O)NC(=S)N(c3ccc(C)c(Cl)c3)C2=O)c1. The molecule has 1 saturated heterocycles. The van der Waals surface area contributed by atoms with E-state index in [9.17, 15) is 9.59 Å². The lowest BCUT2D eigenvalue weighted by atomic mass is 10.1. The maximum atomic E-state index is 13.1. The number of aryl methyl sites for hydroxylation is 1. The first-order valence-electron chi connectivity index (χ1n) is 8.25. The molecule has 6 nitrogen and oxygen atoms in total. The van der Waals surface area contributed by atoms with Gasteiger partial charge in [0.15, 0.2) is 5.11 Å². The zero-order chi connectivity index (χ0) is 20.4. The first-order chi connectivity index (χ1) is 13.3. The lowest BCUT2D eigenvalue weighted by Gasteiger charge is -2.29. The molecule has 0 unspecified atom stereocenters. The summed E-state index contributed by atoms with van der Waals surface area (Å²) in [5.41, 5.74) is 1.77. The second kappa shape index (κ2) is 8.00. The normalized spacial score (nSPS) is 15.6. The van der Waals surface area contributed by atoms with Crippen LogP contribution in [0.1, 0.15) is 11.1 Å². The van der Waals surface area contributed by atoms with E-state index in [1.54, 1.807) is 36.4 Å². The number of hydrogen-bond donors (Lipinski definition) is 1. The molecular formula is C20H17ClN2O4S. The molecular weight excluding hydrogens is 400 g/mol. The highest BCUT2D eigenvalue weighted by Gasteiger charge is 2.34. The van der Waals surface area contributed by atoms with Crippen molar-refractivity contribution in [2.24, 2.45) is 0 Å².